The number of aromatic nitrogens is 1. The third kappa shape index (κ3) is 3.54. The summed E-state index contributed by atoms with van der Waals surface area (Å²) in [6, 6.07) is 9.09. The lowest BCUT2D eigenvalue weighted by Gasteiger charge is -2.38. The molecular weight excluding hydrogens is 320 g/mol. The maximum Gasteiger partial charge on any atom is 0.289 e. The Morgan fingerprint density at radius 1 is 1.28 bits per heavy atom. The lowest BCUT2D eigenvalue weighted by molar-refractivity contribution is 0.0410. The number of ether oxygens (including phenoxy) is 2. The smallest absolute Gasteiger partial charge is 0.289 e. The second kappa shape index (κ2) is 6.88. The normalized spacial score (nSPS) is 22.2. The van der Waals surface area contributed by atoms with Gasteiger partial charge < -0.3 is 18.8 Å². The van der Waals surface area contributed by atoms with E-state index in [0.717, 1.165) is 39.0 Å². The van der Waals surface area contributed by atoms with E-state index >= 15 is 0 Å². The Kier molecular flexibility index (Phi) is 4.44. The first-order valence-corrected chi connectivity index (χ1v) is 8.72. The fourth-order valence-electron chi connectivity index (χ4n) is 3.70. The molecule has 0 N–H and O–H groups in total. The van der Waals surface area contributed by atoms with Gasteiger partial charge in [-0.15, -0.1) is 0 Å². The molecule has 4 rings (SSSR count). The van der Waals surface area contributed by atoms with Gasteiger partial charge in [0.25, 0.3) is 5.91 Å². The molecule has 1 amide bonds. The molecule has 4 heterocycles. The number of amides is 1. The highest BCUT2D eigenvalue weighted by Gasteiger charge is 2.43. The summed E-state index contributed by atoms with van der Waals surface area (Å²) in [5.41, 5.74) is 0.165. The number of nitrogens with zero attached hydrogens (tertiary/aromatic N) is 2. The highest BCUT2D eigenvalue weighted by atomic mass is 16.5. The zero-order valence-electron chi connectivity index (χ0n) is 14.1. The average molecular weight is 342 g/mol. The first-order chi connectivity index (χ1) is 12.2. The Balaban J connectivity index is 1.28. The van der Waals surface area contributed by atoms with Crippen LogP contribution < -0.4 is 4.74 Å². The lowest BCUT2D eigenvalue weighted by Crippen LogP contribution is -2.43. The maximum atomic E-state index is 12.4. The van der Waals surface area contributed by atoms with E-state index in [1.54, 1.807) is 18.3 Å². The van der Waals surface area contributed by atoms with E-state index in [-0.39, 0.29) is 17.4 Å². The van der Waals surface area contributed by atoms with Gasteiger partial charge in [-0.05, 0) is 42.9 Å². The highest BCUT2D eigenvalue weighted by Crippen LogP contribution is 2.42. The molecule has 25 heavy (non-hydrogen) atoms. The summed E-state index contributed by atoms with van der Waals surface area (Å²) in [6.45, 7) is 2.76. The fraction of sp³-hybridized carbons (Fsp3) is 0.474. The average Bonchev–Trinajstić information content (AvgIpc) is 3.32. The SMILES string of the molecule is O=C(c1ccco1)N1CCC2(CC1)COC(COc1ccccn1)C2. The highest BCUT2D eigenvalue weighted by molar-refractivity contribution is 5.91. The van der Waals surface area contributed by atoms with E-state index in [9.17, 15) is 4.79 Å². The molecule has 6 nitrogen and oxygen atoms in total. The van der Waals surface area contributed by atoms with Crippen molar-refractivity contribution in [3.8, 4) is 5.88 Å². The van der Waals surface area contributed by atoms with Crippen molar-refractivity contribution in [1.29, 1.82) is 0 Å². The van der Waals surface area contributed by atoms with Crippen LogP contribution in [0.1, 0.15) is 29.8 Å². The van der Waals surface area contributed by atoms with Gasteiger partial charge in [0.05, 0.1) is 19.0 Å². The van der Waals surface area contributed by atoms with Crippen molar-refractivity contribution in [2.45, 2.75) is 25.4 Å². The molecule has 2 saturated heterocycles. The van der Waals surface area contributed by atoms with Gasteiger partial charge in [-0.2, -0.15) is 0 Å². The number of furan rings is 1. The Morgan fingerprint density at radius 2 is 2.16 bits per heavy atom. The summed E-state index contributed by atoms with van der Waals surface area (Å²) >= 11 is 0. The van der Waals surface area contributed by atoms with Crippen molar-refractivity contribution in [3.05, 3.63) is 48.6 Å². The molecule has 2 aromatic rings. The number of pyridine rings is 1. The molecule has 2 fully saturated rings. The van der Waals surface area contributed by atoms with Crippen LogP contribution >= 0.6 is 0 Å². The van der Waals surface area contributed by atoms with Crippen molar-refractivity contribution < 1.29 is 18.7 Å². The van der Waals surface area contributed by atoms with E-state index in [0.29, 0.717) is 18.2 Å². The van der Waals surface area contributed by atoms with Gasteiger partial charge in [0.1, 0.15) is 6.61 Å². The molecule has 2 aliphatic heterocycles. The molecule has 6 heteroatoms. The second-order valence-corrected chi connectivity index (χ2v) is 6.89. The van der Waals surface area contributed by atoms with Crippen molar-refractivity contribution >= 4 is 5.91 Å². The molecule has 1 atom stereocenters. The minimum atomic E-state index is -0.0196. The van der Waals surface area contributed by atoms with Gasteiger partial charge >= 0.3 is 0 Å². The van der Waals surface area contributed by atoms with Crippen LogP contribution in [0.3, 0.4) is 0 Å². The predicted octanol–water partition coefficient (Wildman–Crippen LogP) is 2.76. The quantitative estimate of drug-likeness (QED) is 0.855. The van der Waals surface area contributed by atoms with Gasteiger partial charge in [0.15, 0.2) is 5.76 Å². The van der Waals surface area contributed by atoms with Crippen LogP contribution in [0.4, 0.5) is 0 Å². The van der Waals surface area contributed by atoms with Gasteiger partial charge in [0.2, 0.25) is 5.88 Å². The van der Waals surface area contributed by atoms with Crippen LogP contribution in [0.15, 0.2) is 47.2 Å². The summed E-state index contributed by atoms with van der Waals surface area (Å²) in [4.78, 5) is 18.4. The zero-order valence-corrected chi connectivity index (χ0v) is 14.1. The summed E-state index contributed by atoms with van der Waals surface area (Å²) in [5.74, 6) is 1.03. The van der Waals surface area contributed by atoms with E-state index in [1.165, 1.54) is 6.26 Å². The molecule has 0 aliphatic carbocycles. The van der Waals surface area contributed by atoms with Crippen molar-refractivity contribution in [2.75, 3.05) is 26.3 Å². The van der Waals surface area contributed by atoms with Crippen LogP contribution in [0.2, 0.25) is 0 Å². The minimum Gasteiger partial charge on any atom is -0.475 e. The van der Waals surface area contributed by atoms with E-state index in [4.69, 9.17) is 13.9 Å². The van der Waals surface area contributed by atoms with Crippen molar-refractivity contribution in [1.82, 2.24) is 9.88 Å². The molecule has 2 aliphatic rings. The van der Waals surface area contributed by atoms with Gasteiger partial charge in [-0.1, -0.05) is 6.07 Å². The first-order valence-electron chi connectivity index (χ1n) is 8.72. The summed E-state index contributed by atoms with van der Waals surface area (Å²) < 4.78 is 16.9. The number of likely N-dealkylation sites (tertiary alicyclic amines) is 1. The number of hydrogen-bond donors (Lipinski definition) is 0. The number of piperidine rings is 1. The van der Waals surface area contributed by atoms with Crippen LogP contribution in [0, 0.1) is 5.41 Å². The third-order valence-electron chi connectivity index (χ3n) is 5.18. The lowest BCUT2D eigenvalue weighted by atomic mass is 9.76. The Bertz CT molecular complexity index is 693. The second-order valence-electron chi connectivity index (χ2n) is 6.89. The molecule has 0 radical (unpaired) electrons. The number of carbonyl (C=O) groups excluding carboxylic acids is 1. The monoisotopic (exact) mass is 342 g/mol. The predicted molar refractivity (Wildman–Crippen MR) is 90.4 cm³/mol. The molecule has 1 spiro atoms. The fourth-order valence-corrected chi connectivity index (χ4v) is 3.70. The summed E-state index contributed by atoms with van der Waals surface area (Å²) in [5, 5.41) is 0. The van der Waals surface area contributed by atoms with Crippen molar-refractivity contribution in [3.63, 3.8) is 0 Å². The molecular formula is C19H22N2O4. The minimum absolute atomic E-state index is 0.0196. The Morgan fingerprint density at radius 3 is 2.88 bits per heavy atom. The van der Waals surface area contributed by atoms with Crippen LogP contribution in [0.25, 0.3) is 0 Å². The van der Waals surface area contributed by atoms with Crippen LogP contribution in [-0.2, 0) is 4.74 Å². The topological polar surface area (TPSA) is 64.8 Å². The zero-order chi connectivity index (χ0) is 17.1. The first kappa shape index (κ1) is 16.1. The summed E-state index contributed by atoms with van der Waals surface area (Å²) in [7, 11) is 0. The molecule has 0 saturated carbocycles. The summed E-state index contributed by atoms with van der Waals surface area (Å²) in [6.07, 6.45) is 6.24. The number of carbonyl (C=O) groups is 1. The van der Waals surface area contributed by atoms with E-state index < -0.39 is 0 Å². The molecule has 132 valence electrons. The molecule has 2 aromatic heterocycles. The van der Waals surface area contributed by atoms with Gasteiger partial charge in [-0.25, -0.2) is 4.98 Å². The molecule has 0 aromatic carbocycles. The van der Waals surface area contributed by atoms with Crippen LogP contribution in [-0.4, -0.2) is 48.2 Å². The molecule has 1 unspecified atom stereocenters. The Hall–Kier alpha value is -2.34. The van der Waals surface area contributed by atoms with E-state index in [1.807, 2.05) is 23.1 Å². The third-order valence-corrected chi connectivity index (χ3v) is 5.18. The Labute approximate surface area is 146 Å². The van der Waals surface area contributed by atoms with E-state index in [2.05, 4.69) is 4.98 Å². The van der Waals surface area contributed by atoms with Gasteiger partial charge in [0, 0.05) is 25.4 Å². The molecule has 0 bridgehead atoms. The standard InChI is InChI=1S/C19H22N2O4/c22-18(16-4-3-11-23-16)21-9-6-19(7-10-21)12-15(25-14-19)13-24-17-5-1-2-8-20-17/h1-5,8,11,15H,6-7,9-10,12-14H2. The van der Waals surface area contributed by atoms with Gasteiger partial charge in [-0.3, -0.25) is 4.79 Å². The number of rotatable bonds is 4. The maximum absolute atomic E-state index is 12.4. The number of hydrogen-bond acceptors (Lipinski definition) is 5. The largest absolute Gasteiger partial charge is 0.475 e. The van der Waals surface area contributed by atoms with Crippen LogP contribution in [0.5, 0.6) is 5.88 Å². The van der Waals surface area contributed by atoms with Crippen molar-refractivity contribution in [2.24, 2.45) is 5.41 Å².